The van der Waals surface area contributed by atoms with Crippen molar-refractivity contribution in [2.75, 3.05) is 13.1 Å². The van der Waals surface area contributed by atoms with E-state index < -0.39 is 82.0 Å². The quantitative estimate of drug-likeness (QED) is 0.109. The lowest BCUT2D eigenvalue weighted by Gasteiger charge is -2.29. The molecule has 10 atom stereocenters. The number of carbonyl (C=O) groups is 8. The highest BCUT2D eigenvalue weighted by Crippen LogP contribution is 2.58. The number of Topliss-reactive ketones (excluding diaryl/α,β-unsaturated/α-hetero) is 2. The lowest BCUT2D eigenvalue weighted by molar-refractivity contribution is -0.159. The SMILES string of the molecule is CC(C)(C)OC(=O)C[C@H]1CCCCC/C=C\[C@@H]2C[C@@]2(C(=O)O)CC(=O)[C@@H]2C[C@@H](O)CN2C1=O.CC(C)(C)OC(=O)C[C@H]1CCCCC/C=C\[C@@H]2C[C@@]2(C(=O)O)CC(=O)[C@@H]2C[C@@H](Oc3nc4ccc(Br)cc4s3)CN2C1=O.Clc1nc2ccc(Br)cc2s1. The summed E-state index contributed by atoms with van der Waals surface area (Å²) in [6.45, 7) is 10.9. The number of hydrogen-bond donors (Lipinski definition) is 3. The maximum Gasteiger partial charge on any atom is 0.310 e. The average Bonchev–Trinajstić information content (AvgIpc) is 1.61. The number of nitrogens with zero attached hydrogens (tertiary/aromatic N) is 4. The number of carboxylic acids is 2. The Bertz CT molecular complexity index is 3280. The van der Waals surface area contributed by atoms with Crippen molar-refractivity contribution in [1.29, 1.82) is 0 Å². The van der Waals surface area contributed by atoms with E-state index in [4.69, 9.17) is 25.8 Å². The summed E-state index contributed by atoms with van der Waals surface area (Å²) < 4.78 is 21.9. The van der Waals surface area contributed by atoms with Gasteiger partial charge in [0.25, 0.3) is 5.19 Å². The number of aliphatic carboxylic acids is 2. The normalized spacial score (nSPS) is 28.9. The summed E-state index contributed by atoms with van der Waals surface area (Å²) in [5.74, 6) is -5.77. The Morgan fingerprint density at radius 1 is 0.655 bits per heavy atom. The molecule has 6 heterocycles. The van der Waals surface area contributed by atoms with E-state index >= 15 is 0 Å². The molecule has 23 heteroatoms. The number of ether oxygens (including phenoxy) is 3. The second-order valence-electron chi connectivity index (χ2n) is 26.0. The molecule has 0 unspecified atom stereocenters. The van der Waals surface area contributed by atoms with Crippen molar-refractivity contribution in [3.05, 3.63) is 74.1 Å². The fourth-order valence-electron chi connectivity index (χ4n) is 12.3. The van der Waals surface area contributed by atoms with Gasteiger partial charge in [-0.05, 0) is 141 Å². The number of fused-ring (bicyclic) bond motifs is 6. The van der Waals surface area contributed by atoms with Crippen LogP contribution in [0.4, 0.5) is 0 Å². The Labute approximate surface area is 537 Å². The third kappa shape index (κ3) is 18.1. The summed E-state index contributed by atoms with van der Waals surface area (Å²) in [6, 6.07) is 9.96. The summed E-state index contributed by atoms with van der Waals surface area (Å²) in [6.07, 6.45) is 14.9. The fraction of sp³-hybridized carbons (Fsp3) is 0.594. The van der Waals surface area contributed by atoms with Crippen molar-refractivity contribution in [2.45, 2.75) is 193 Å². The number of aliphatic hydroxyl groups is 1. The Morgan fingerprint density at radius 2 is 1.11 bits per heavy atom. The lowest BCUT2D eigenvalue weighted by atomic mass is 9.91. The van der Waals surface area contributed by atoms with E-state index in [0.29, 0.717) is 35.3 Å². The van der Waals surface area contributed by atoms with Gasteiger partial charge in [-0.25, -0.2) is 9.97 Å². The van der Waals surface area contributed by atoms with Crippen molar-refractivity contribution >= 4 is 134 Å². The van der Waals surface area contributed by atoms with Crippen LogP contribution in [0.2, 0.25) is 4.47 Å². The second-order valence-corrected chi connectivity index (χ2v) is 30.4. The molecule has 0 radical (unpaired) electrons. The molecule has 2 aliphatic carbocycles. The van der Waals surface area contributed by atoms with Crippen LogP contribution in [0, 0.1) is 34.5 Å². The highest BCUT2D eigenvalue weighted by molar-refractivity contribution is 9.10. The number of halogens is 3. The molecule has 2 saturated heterocycles. The molecular formula is C64H79Br2ClN4O14S2. The first kappa shape index (κ1) is 67.8. The van der Waals surface area contributed by atoms with Gasteiger partial charge in [-0.2, -0.15) is 0 Å². The predicted molar refractivity (Wildman–Crippen MR) is 338 cm³/mol. The van der Waals surface area contributed by atoms with E-state index in [1.165, 1.54) is 32.5 Å². The smallest absolute Gasteiger partial charge is 0.310 e. The molecule has 3 N–H and O–H groups in total. The molecule has 2 amide bonds. The van der Waals surface area contributed by atoms with Gasteiger partial charge in [0.15, 0.2) is 16.0 Å². The molecule has 4 aliphatic heterocycles. The molecule has 2 aromatic heterocycles. The first-order valence-electron chi connectivity index (χ1n) is 30.1. The minimum atomic E-state index is -1.14. The van der Waals surface area contributed by atoms with Crippen molar-refractivity contribution in [1.82, 2.24) is 19.8 Å². The van der Waals surface area contributed by atoms with Crippen molar-refractivity contribution in [3.8, 4) is 5.19 Å². The Balaban J connectivity index is 0.000000196. The molecule has 0 spiro atoms. The number of amides is 2. The van der Waals surface area contributed by atoms with E-state index in [1.54, 1.807) is 41.5 Å². The van der Waals surface area contributed by atoms with Crippen LogP contribution in [0.15, 0.2) is 69.6 Å². The summed E-state index contributed by atoms with van der Waals surface area (Å²) in [4.78, 5) is 116. The maximum atomic E-state index is 14.2. The van der Waals surface area contributed by atoms with Gasteiger partial charge in [0.05, 0.1) is 68.8 Å². The van der Waals surface area contributed by atoms with Gasteiger partial charge in [0.1, 0.15) is 17.3 Å². The van der Waals surface area contributed by atoms with Gasteiger partial charge in [0, 0.05) is 53.0 Å². The molecule has 4 fully saturated rings. The number of carbonyl (C=O) groups excluding carboxylic acids is 6. The maximum absolute atomic E-state index is 14.2. The number of hydrogen-bond acceptors (Lipinski definition) is 16. The number of ketones is 2. The van der Waals surface area contributed by atoms with Crippen LogP contribution in [-0.2, 0) is 47.8 Å². The molecule has 472 valence electrons. The largest absolute Gasteiger partial charge is 0.481 e. The molecule has 10 rings (SSSR count). The van der Waals surface area contributed by atoms with Gasteiger partial charge in [-0.1, -0.05) is 105 Å². The van der Waals surface area contributed by atoms with E-state index in [1.807, 2.05) is 60.7 Å². The first-order chi connectivity index (χ1) is 41.0. The van der Waals surface area contributed by atoms with Crippen LogP contribution < -0.4 is 4.74 Å². The monoisotopic (exact) mass is 1380 g/mol. The number of esters is 2. The molecule has 2 aromatic carbocycles. The highest BCUT2D eigenvalue weighted by Gasteiger charge is 2.62. The van der Waals surface area contributed by atoms with Crippen molar-refractivity contribution in [3.63, 3.8) is 0 Å². The minimum absolute atomic E-state index is 0.0173. The average molecular weight is 1390 g/mol. The fourth-order valence-corrected chi connectivity index (χ4v) is 15.3. The third-order valence-corrected chi connectivity index (χ3v) is 19.8. The van der Waals surface area contributed by atoms with Crippen LogP contribution in [0.5, 0.6) is 5.19 Å². The standard InChI is InChI=1S/C32H39BrN2O7S.C25H37NO7.C7H3BrClNS/c1-31(2,3)42-27(37)13-19-9-7-5-4-6-8-10-20-16-32(20,29(39)40)17-25(36)24-15-22(18-35(24)28(19)38)41-30-34-23-12-11-21(33)14-26(23)43-30;1-24(2,3)33-21(29)11-16-9-7-5-4-6-8-10-17-13-25(17,23(31)32)14-20(28)19-12-18(27)15-26(19)22(16)30;8-4-1-2-5-6(3-4)11-7(9)10-5/h8,10-12,14,19-20,22,24H,4-7,9,13,15-18H2,1-3H3,(H,39,40);8,10,16-19,27H,4-7,9,11-15H2,1-3H3,(H,31,32);1-3H/b2*10-8-;/t19-,20-,22-,24+,32-;16-,17-,18-,19+,25-;/m11./s1. The van der Waals surface area contributed by atoms with Crippen LogP contribution in [-0.4, -0.2) is 131 Å². The first-order valence-corrected chi connectivity index (χ1v) is 33.7. The van der Waals surface area contributed by atoms with Gasteiger partial charge >= 0.3 is 23.9 Å². The van der Waals surface area contributed by atoms with Crippen LogP contribution in [0.3, 0.4) is 0 Å². The number of allylic oxidation sites excluding steroid dienone is 4. The van der Waals surface area contributed by atoms with E-state index in [0.717, 1.165) is 80.7 Å². The molecule has 87 heavy (non-hydrogen) atoms. The molecule has 0 bridgehead atoms. The van der Waals surface area contributed by atoms with Crippen molar-refractivity contribution in [2.24, 2.45) is 34.5 Å². The Morgan fingerprint density at radius 3 is 1.60 bits per heavy atom. The number of carboxylic acid groups (broad SMARTS) is 2. The van der Waals surface area contributed by atoms with Crippen molar-refractivity contribution < 1.29 is 67.9 Å². The van der Waals surface area contributed by atoms with Crippen LogP contribution >= 0.6 is 66.1 Å². The molecule has 4 aromatic rings. The number of thiazole rings is 2. The number of aliphatic hydroxyl groups excluding tert-OH is 1. The third-order valence-electron chi connectivity index (χ3n) is 16.8. The van der Waals surface area contributed by atoms with Gasteiger partial charge in [0.2, 0.25) is 11.8 Å². The topological polar surface area (TPSA) is 257 Å². The van der Waals surface area contributed by atoms with Gasteiger partial charge < -0.3 is 39.3 Å². The van der Waals surface area contributed by atoms with Gasteiger partial charge in [-0.15, -0.1) is 11.3 Å². The van der Waals surface area contributed by atoms with Crippen LogP contribution in [0.1, 0.15) is 157 Å². The molecule has 18 nitrogen and oxygen atoms in total. The summed E-state index contributed by atoms with van der Waals surface area (Å²) in [7, 11) is 0. The molecule has 2 saturated carbocycles. The van der Waals surface area contributed by atoms with E-state index in [9.17, 15) is 53.7 Å². The number of aromatic nitrogens is 2. The number of rotatable bonds is 8. The summed E-state index contributed by atoms with van der Waals surface area (Å²) >= 11 is 15.5. The second kappa shape index (κ2) is 28.8. The zero-order chi connectivity index (χ0) is 63.2. The van der Waals surface area contributed by atoms with E-state index in [-0.39, 0.29) is 86.8 Å². The minimum Gasteiger partial charge on any atom is -0.481 e. The Kier molecular flexibility index (Phi) is 22.4. The van der Waals surface area contributed by atoms with Crippen LogP contribution in [0.25, 0.3) is 20.4 Å². The number of benzene rings is 2. The zero-order valence-corrected chi connectivity index (χ0v) is 55.7. The highest BCUT2D eigenvalue weighted by atomic mass is 79.9. The molecule has 6 aliphatic rings. The predicted octanol–water partition coefficient (Wildman–Crippen LogP) is 12.9. The lowest BCUT2D eigenvalue weighted by Crippen LogP contribution is -2.45. The summed E-state index contributed by atoms with van der Waals surface area (Å²) in [5.41, 5.74) is -1.86. The summed E-state index contributed by atoms with van der Waals surface area (Å²) in [5, 5.41) is 30.6. The van der Waals surface area contributed by atoms with Gasteiger partial charge in [-0.3, -0.25) is 38.4 Å². The Hall–Kier alpha value is -5.13. The zero-order valence-electron chi connectivity index (χ0n) is 50.1. The van der Waals surface area contributed by atoms with E-state index in [2.05, 4.69) is 41.8 Å². The molecular weight excluding hydrogens is 1310 g/mol.